The van der Waals surface area contributed by atoms with Crippen LogP contribution in [0.15, 0.2) is 6.33 Å². The predicted molar refractivity (Wildman–Crippen MR) is 83.8 cm³/mol. The van der Waals surface area contributed by atoms with Crippen molar-refractivity contribution in [3.63, 3.8) is 0 Å². The number of anilines is 2. The maximum atomic E-state index is 12.6. The first-order valence-electron chi connectivity index (χ1n) is 7.54. The monoisotopic (exact) mass is 325 g/mol. The molecule has 0 radical (unpaired) electrons. The van der Waals surface area contributed by atoms with Gasteiger partial charge in [-0.25, -0.2) is 9.97 Å². The fraction of sp³-hybridized carbons (Fsp3) is 0.643. The molecular weight excluding hydrogens is 306 g/mol. The average molecular weight is 326 g/mol. The third-order valence-corrected chi connectivity index (χ3v) is 4.55. The van der Waals surface area contributed by atoms with Crippen LogP contribution in [0.25, 0.3) is 0 Å². The van der Waals surface area contributed by atoms with Gasteiger partial charge in [-0.15, -0.1) is 0 Å². The summed E-state index contributed by atoms with van der Waals surface area (Å²) in [5.74, 6) is 1.06. The van der Waals surface area contributed by atoms with Gasteiger partial charge in [0.05, 0.1) is 19.1 Å². The molecule has 0 aliphatic carbocycles. The zero-order valence-electron chi connectivity index (χ0n) is 12.4. The summed E-state index contributed by atoms with van der Waals surface area (Å²) in [5, 5.41) is 0.363. The second kappa shape index (κ2) is 6.66. The van der Waals surface area contributed by atoms with Crippen molar-refractivity contribution in [2.45, 2.75) is 12.8 Å². The van der Waals surface area contributed by atoms with Crippen LogP contribution >= 0.6 is 11.6 Å². The number of carbonyl (C=O) groups is 1. The van der Waals surface area contributed by atoms with E-state index in [0.717, 1.165) is 19.4 Å². The lowest BCUT2D eigenvalue weighted by atomic mass is 9.96. The highest BCUT2D eigenvalue weighted by atomic mass is 35.5. The quantitative estimate of drug-likeness (QED) is 0.865. The van der Waals surface area contributed by atoms with Gasteiger partial charge in [-0.3, -0.25) is 4.79 Å². The Bertz CT molecular complexity index is 550. The molecule has 1 unspecified atom stereocenters. The van der Waals surface area contributed by atoms with Crippen LogP contribution in [-0.4, -0.2) is 60.2 Å². The number of piperidine rings is 1. The largest absolute Gasteiger partial charge is 0.382 e. The van der Waals surface area contributed by atoms with E-state index in [-0.39, 0.29) is 17.6 Å². The van der Waals surface area contributed by atoms with Crippen molar-refractivity contribution in [2.75, 3.05) is 50.0 Å². The number of nitrogen functional groups attached to an aromatic ring is 1. The summed E-state index contributed by atoms with van der Waals surface area (Å²) in [6, 6.07) is 0. The summed E-state index contributed by atoms with van der Waals surface area (Å²) < 4.78 is 5.30. The third-order valence-electron chi connectivity index (χ3n) is 4.19. The third kappa shape index (κ3) is 3.10. The zero-order valence-corrected chi connectivity index (χ0v) is 13.1. The Labute approximate surface area is 134 Å². The van der Waals surface area contributed by atoms with E-state index >= 15 is 0 Å². The Morgan fingerprint density at radius 2 is 2.09 bits per heavy atom. The normalized spacial score (nSPS) is 22.7. The molecule has 1 amide bonds. The number of morpholine rings is 1. The highest BCUT2D eigenvalue weighted by molar-refractivity contribution is 6.35. The van der Waals surface area contributed by atoms with Gasteiger partial charge in [-0.2, -0.15) is 0 Å². The number of hydrogen-bond acceptors (Lipinski definition) is 6. The number of hydrogen-bond donors (Lipinski definition) is 1. The van der Waals surface area contributed by atoms with Crippen LogP contribution in [0.3, 0.4) is 0 Å². The van der Waals surface area contributed by atoms with E-state index in [1.807, 2.05) is 9.80 Å². The van der Waals surface area contributed by atoms with Gasteiger partial charge in [0.25, 0.3) is 0 Å². The van der Waals surface area contributed by atoms with E-state index in [9.17, 15) is 4.79 Å². The van der Waals surface area contributed by atoms with Crippen LogP contribution in [0.4, 0.5) is 11.6 Å². The van der Waals surface area contributed by atoms with Crippen molar-refractivity contribution in [1.29, 1.82) is 0 Å². The number of carbonyl (C=O) groups excluding carboxylic acids is 1. The Morgan fingerprint density at radius 1 is 1.32 bits per heavy atom. The summed E-state index contributed by atoms with van der Waals surface area (Å²) in [7, 11) is 0. The molecule has 0 spiro atoms. The highest BCUT2D eigenvalue weighted by Gasteiger charge is 2.31. The van der Waals surface area contributed by atoms with Crippen molar-refractivity contribution in [1.82, 2.24) is 14.9 Å². The van der Waals surface area contributed by atoms with Gasteiger partial charge in [-0.05, 0) is 12.8 Å². The number of nitrogens with zero attached hydrogens (tertiary/aromatic N) is 4. The standard InChI is InChI=1S/C14H20ClN5O2/c15-11-12(16)17-9-18-13(11)20-3-1-2-10(8-20)14(21)19-4-6-22-7-5-19/h9-10H,1-8H2,(H2,16,17,18). The van der Waals surface area contributed by atoms with Gasteiger partial charge in [-0.1, -0.05) is 11.6 Å². The van der Waals surface area contributed by atoms with Crippen LogP contribution in [0.2, 0.25) is 5.02 Å². The van der Waals surface area contributed by atoms with Gasteiger partial charge < -0.3 is 20.3 Å². The molecule has 3 rings (SSSR count). The number of aromatic nitrogens is 2. The van der Waals surface area contributed by atoms with Crippen LogP contribution in [0, 0.1) is 5.92 Å². The summed E-state index contributed by atoms with van der Waals surface area (Å²) >= 11 is 6.20. The lowest BCUT2D eigenvalue weighted by Gasteiger charge is -2.36. The topological polar surface area (TPSA) is 84.6 Å². The second-order valence-corrected chi connectivity index (χ2v) is 6.00. The molecule has 7 nitrogen and oxygen atoms in total. The molecule has 1 atom stereocenters. The maximum absolute atomic E-state index is 12.6. The minimum Gasteiger partial charge on any atom is -0.382 e. The number of rotatable bonds is 2. The lowest BCUT2D eigenvalue weighted by Crippen LogP contribution is -2.48. The van der Waals surface area contributed by atoms with E-state index in [2.05, 4.69) is 9.97 Å². The molecule has 1 aromatic rings. The SMILES string of the molecule is Nc1ncnc(N2CCCC(C(=O)N3CCOCC3)C2)c1Cl. The molecule has 0 bridgehead atoms. The highest BCUT2D eigenvalue weighted by Crippen LogP contribution is 2.30. The smallest absolute Gasteiger partial charge is 0.227 e. The summed E-state index contributed by atoms with van der Waals surface area (Å²) in [4.78, 5) is 24.7. The van der Waals surface area contributed by atoms with Gasteiger partial charge in [0.15, 0.2) is 5.82 Å². The Morgan fingerprint density at radius 3 is 2.86 bits per heavy atom. The minimum atomic E-state index is -0.0286. The zero-order chi connectivity index (χ0) is 15.5. The lowest BCUT2D eigenvalue weighted by molar-refractivity contribution is -0.139. The molecule has 2 fully saturated rings. The first-order valence-corrected chi connectivity index (χ1v) is 7.92. The first kappa shape index (κ1) is 15.3. The molecular formula is C14H20ClN5O2. The van der Waals surface area contributed by atoms with Crippen LogP contribution < -0.4 is 10.6 Å². The fourth-order valence-corrected chi connectivity index (χ4v) is 3.22. The first-order chi connectivity index (χ1) is 10.7. The van der Waals surface area contributed by atoms with Gasteiger partial charge in [0.2, 0.25) is 5.91 Å². The summed E-state index contributed by atoms with van der Waals surface area (Å²) in [6.07, 6.45) is 3.23. The molecule has 22 heavy (non-hydrogen) atoms. The molecule has 2 aliphatic heterocycles. The molecule has 2 aliphatic rings. The maximum Gasteiger partial charge on any atom is 0.227 e. The summed E-state index contributed by atoms with van der Waals surface area (Å²) in [5.41, 5.74) is 5.74. The van der Waals surface area contributed by atoms with Gasteiger partial charge >= 0.3 is 0 Å². The van der Waals surface area contributed by atoms with Gasteiger partial charge in [0.1, 0.15) is 17.2 Å². The molecule has 3 heterocycles. The van der Waals surface area contributed by atoms with Crippen molar-refractivity contribution in [3.05, 3.63) is 11.3 Å². The summed E-state index contributed by atoms with van der Waals surface area (Å²) in [6.45, 7) is 4.04. The molecule has 120 valence electrons. The molecule has 2 saturated heterocycles. The van der Waals surface area contributed by atoms with E-state index in [0.29, 0.717) is 43.7 Å². The number of ether oxygens (including phenoxy) is 1. The Hall–Kier alpha value is -1.60. The van der Waals surface area contributed by atoms with Crippen LogP contribution in [-0.2, 0) is 9.53 Å². The average Bonchev–Trinajstić information content (AvgIpc) is 2.57. The van der Waals surface area contributed by atoms with Crippen molar-refractivity contribution < 1.29 is 9.53 Å². The number of nitrogens with two attached hydrogens (primary N) is 1. The van der Waals surface area contributed by atoms with Crippen molar-refractivity contribution in [3.8, 4) is 0 Å². The van der Waals surface area contributed by atoms with Crippen LogP contribution in [0.5, 0.6) is 0 Å². The predicted octanol–water partition coefficient (Wildman–Crippen LogP) is 0.787. The van der Waals surface area contributed by atoms with E-state index in [1.54, 1.807) is 0 Å². The molecule has 2 N–H and O–H groups in total. The molecule has 1 aromatic heterocycles. The molecule has 8 heteroatoms. The minimum absolute atomic E-state index is 0.0286. The van der Waals surface area contributed by atoms with Crippen molar-refractivity contribution in [2.24, 2.45) is 5.92 Å². The molecule has 0 aromatic carbocycles. The van der Waals surface area contributed by atoms with E-state index < -0.39 is 0 Å². The van der Waals surface area contributed by atoms with E-state index in [4.69, 9.17) is 22.1 Å². The molecule has 0 saturated carbocycles. The second-order valence-electron chi connectivity index (χ2n) is 5.62. The van der Waals surface area contributed by atoms with Crippen LogP contribution in [0.1, 0.15) is 12.8 Å². The fourth-order valence-electron chi connectivity index (χ4n) is 3.01. The van der Waals surface area contributed by atoms with Crippen molar-refractivity contribution >= 4 is 29.1 Å². The number of amides is 1. The number of halogens is 1. The Balaban J connectivity index is 1.71. The Kier molecular flexibility index (Phi) is 4.63. The van der Waals surface area contributed by atoms with Gasteiger partial charge in [0, 0.05) is 26.2 Å². The van der Waals surface area contributed by atoms with E-state index in [1.165, 1.54) is 6.33 Å².